The zero-order chi connectivity index (χ0) is 32.2. The number of benzene rings is 4. The molecule has 2 aliphatic carbocycles. The Kier molecular flexibility index (Phi) is 7.32. The van der Waals surface area contributed by atoms with Crippen molar-refractivity contribution in [2.75, 3.05) is 0 Å². The summed E-state index contributed by atoms with van der Waals surface area (Å²) in [5, 5.41) is 0. The summed E-state index contributed by atoms with van der Waals surface area (Å²) in [6, 6.07) is 20.5. The molecular formula is C34H24N2O8S. The van der Waals surface area contributed by atoms with Gasteiger partial charge in [-0.05, 0) is 47.5 Å². The Morgan fingerprint density at radius 2 is 0.844 bits per heavy atom. The van der Waals surface area contributed by atoms with Gasteiger partial charge in [0.05, 0.1) is 21.9 Å². The van der Waals surface area contributed by atoms with E-state index >= 15 is 0 Å². The number of ketones is 6. The van der Waals surface area contributed by atoms with Crippen LogP contribution in [0.4, 0.5) is 0 Å². The van der Waals surface area contributed by atoms with E-state index < -0.39 is 68.5 Å². The molecule has 4 atom stereocenters. The first-order chi connectivity index (χ1) is 21.4. The largest absolute Gasteiger partial charge is 0.318 e. The molecule has 0 fully saturated rings. The highest BCUT2D eigenvalue weighted by Crippen LogP contribution is 2.36. The second kappa shape index (κ2) is 11.0. The van der Waals surface area contributed by atoms with Crippen LogP contribution < -0.4 is 11.5 Å². The molecule has 0 spiro atoms. The summed E-state index contributed by atoms with van der Waals surface area (Å²) < 4.78 is 27.3. The van der Waals surface area contributed by atoms with E-state index in [9.17, 15) is 37.2 Å². The van der Waals surface area contributed by atoms with Gasteiger partial charge in [-0.3, -0.25) is 28.8 Å². The van der Waals surface area contributed by atoms with Gasteiger partial charge in [0, 0.05) is 22.3 Å². The standard InChI is InChI=1S/C34H24N2O8S/c35-27(17-7-3-1-4-8-17)33(41)25-29(37)21-13-11-19(15-23(21)31(25)39)45(43,44)20-12-14-22-24(16-20)32(40)26(30(22)38)34(42)28(36)18-9-5-2-6-10-18/h1-16,25-28H,35-36H2/t25?,26?,27-,28-/m1/s1. The van der Waals surface area contributed by atoms with Crippen molar-refractivity contribution in [3.05, 3.63) is 130 Å². The molecule has 4 N–H and O–H groups in total. The average molecular weight is 621 g/mol. The minimum atomic E-state index is -4.40. The van der Waals surface area contributed by atoms with Crippen LogP contribution in [0.2, 0.25) is 0 Å². The predicted octanol–water partition coefficient (Wildman–Crippen LogP) is 3.05. The number of rotatable bonds is 8. The van der Waals surface area contributed by atoms with Gasteiger partial charge in [0.15, 0.2) is 34.7 Å². The summed E-state index contributed by atoms with van der Waals surface area (Å²) in [5.74, 6) is -8.34. The van der Waals surface area contributed by atoms with Crippen molar-refractivity contribution in [2.24, 2.45) is 23.3 Å². The van der Waals surface area contributed by atoms with Gasteiger partial charge >= 0.3 is 0 Å². The highest BCUT2D eigenvalue weighted by Gasteiger charge is 2.47. The molecule has 0 aromatic heterocycles. The molecule has 4 aromatic rings. The lowest BCUT2D eigenvalue weighted by Crippen LogP contribution is -2.34. The Hall–Kier alpha value is -5.23. The SMILES string of the molecule is N[C@@H](C(=O)C1C(=O)c2ccc(S(=O)(=O)c3ccc4c(c3)C(=O)C(C(=O)[C@H](N)c3ccccc3)C4=O)cc2C1=O)c1ccccc1. The first kappa shape index (κ1) is 29.8. The van der Waals surface area contributed by atoms with Gasteiger partial charge in [-0.1, -0.05) is 60.7 Å². The molecule has 0 aliphatic heterocycles. The maximum Gasteiger partial charge on any atom is 0.206 e. The Balaban J connectivity index is 1.29. The second-order valence-electron chi connectivity index (χ2n) is 10.8. The van der Waals surface area contributed by atoms with Crippen LogP contribution in [0.15, 0.2) is 107 Å². The summed E-state index contributed by atoms with van der Waals surface area (Å²) in [4.78, 5) is 78.2. The number of fused-ring (bicyclic) bond motifs is 2. The summed E-state index contributed by atoms with van der Waals surface area (Å²) in [6.45, 7) is 0. The zero-order valence-corrected chi connectivity index (χ0v) is 24.2. The number of sulfone groups is 1. The number of nitrogens with two attached hydrogens (primary N) is 2. The maximum atomic E-state index is 13.7. The third-order valence-corrected chi connectivity index (χ3v) is 9.96. The van der Waals surface area contributed by atoms with Crippen molar-refractivity contribution in [3.8, 4) is 0 Å². The molecule has 2 aliphatic rings. The van der Waals surface area contributed by atoms with Gasteiger partial charge < -0.3 is 11.5 Å². The van der Waals surface area contributed by atoms with Crippen molar-refractivity contribution in [3.63, 3.8) is 0 Å². The molecule has 0 saturated heterocycles. The molecule has 11 heteroatoms. The number of hydrogen-bond acceptors (Lipinski definition) is 10. The minimum Gasteiger partial charge on any atom is -0.318 e. The Morgan fingerprint density at radius 3 is 1.20 bits per heavy atom. The Bertz CT molecular complexity index is 1930. The fourth-order valence-corrected chi connectivity index (χ4v) is 7.05. The molecule has 0 bridgehead atoms. The number of carbonyl (C=O) groups is 6. The van der Waals surface area contributed by atoms with E-state index in [0.29, 0.717) is 11.1 Å². The first-order valence-corrected chi connectivity index (χ1v) is 15.3. The van der Waals surface area contributed by atoms with Crippen LogP contribution in [-0.2, 0) is 19.4 Å². The molecule has 6 rings (SSSR count). The molecule has 224 valence electrons. The molecule has 0 heterocycles. The second-order valence-corrected chi connectivity index (χ2v) is 12.8. The molecule has 45 heavy (non-hydrogen) atoms. The summed E-state index contributed by atoms with van der Waals surface area (Å²) in [6.07, 6.45) is 0. The Morgan fingerprint density at radius 1 is 0.511 bits per heavy atom. The van der Waals surface area contributed by atoms with Crippen molar-refractivity contribution < 1.29 is 37.2 Å². The summed E-state index contributed by atoms with van der Waals surface area (Å²) >= 11 is 0. The van der Waals surface area contributed by atoms with Crippen molar-refractivity contribution in [1.82, 2.24) is 0 Å². The Labute approximate surface area is 257 Å². The van der Waals surface area contributed by atoms with Gasteiger partial charge in [0.1, 0.15) is 11.8 Å². The van der Waals surface area contributed by atoms with Crippen molar-refractivity contribution in [2.45, 2.75) is 21.9 Å². The number of carbonyl (C=O) groups excluding carboxylic acids is 6. The van der Waals surface area contributed by atoms with E-state index in [4.69, 9.17) is 11.5 Å². The molecule has 4 aromatic carbocycles. The number of Topliss-reactive ketones (excluding diaryl/α,β-unsaturated/α-hetero) is 6. The van der Waals surface area contributed by atoms with E-state index in [1.54, 1.807) is 60.7 Å². The molecular weight excluding hydrogens is 596 g/mol. The summed E-state index contributed by atoms with van der Waals surface area (Å²) in [7, 11) is -4.40. The van der Waals surface area contributed by atoms with Gasteiger partial charge in [-0.25, -0.2) is 8.42 Å². The van der Waals surface area contributed by atoms with E-state index in [1.165, 1.54) is 0 Å². The van der Waals surface area contributed by atoms with Gasteiger partial charge in [-0.15, -0.1) is 0 Å². The average Bonchev–Trinajstić information content (AvgIpc) is 3.47. The molecule has 10 nitrogen and oxygen atoms in total. The topological polar surface area (TPSA) is 189 Å². The first-order valence-electron chi connectivity index (χ1n) is 13.8. The van der Waals surface area contributed by atoms with Crippen LogP contribution in [-0.4, -0.2) is 43.1 Å². The normalized spacial score (nSPS) is 18.8. The van der Waals surface area contributed by atoms with Crippen LogP contribution in [0.3, 0.4) is 0 Å². The fourth-order valence-electron chi connectivity index (χ4n) is 5.74. The molecule has 0 saturated carbocycles. The fraction of sp³-hybridized carbons (Fsp3) is 0.118. The van der Waals surface area contributed by atoms with E-state index in [0.717, 1.165) is 36.4 Å². The maximum absolute atomic E-state index is 13.7. The zero-order valence-electron chi connectivity index (χ0n) is 23.4. The third-order valence-electron chi connectivity index (χ3n) is 8.21. The smallest absolute Gasteiger partial charge is 0.206 e. The molecule has 0 radical (unpaired) electrons. The van der Waals surface area contributed by atoms with E-state index in [-0.39, 0.29) is 32.0 Å². The monoisotopic (exact) mass is 620 g/mol. The van der Waals surface area contributed by atoms with Crippen molar-refractivity contribution in [1.29, 1.82) is 0 Å². The minimum absolute atomic E-state index is 0.108. The van der Waals surface area contributed by atoms with Crippen LogP contribution in [0.5, 0.6) is 0 Å². The van der Waals surface area contributed by atoms with Crippen LogP contribution >= 0.6 is 0 Å². The van der Waals surface area contributed by atoms with Gasteiger partial charge in [0.25, 0.3) is 0 Å². The quantitative estimate of drug-likeness (QED) is 0.277. The highest BCUT2D eigenvalue weighted by molar-refractivity contribution is 7.91. The van der Waals surface area contributed by atoms with E-state index in [1.807, 2.05) is 0 Å². The molecule has 0 amide bonds. The van der Waals surface area contributed by atoms with Crippen LogP contribution in [0.25, 0.3) is 0 Å². The van der Waals surface area contributed by atoms with Crippen molar-refractivity contribution >= 4 is 44.5 Å². The summed E-state index contributed by atoms with van der Waals surface area (Å²) in [5.41, 5.74) is 12.3. The highest BCUT2D eigenvalue weighted by atomic mass is 32.2. The molecule has 2 unspecified atom stereocenters. The predicted molar refractivity (Wildman–Crippen MR) is 159 cm³/mol. The lowest BCUT2D eigenvalue weighted by atomic mass is 9.90. The van der Waals surface area contributed by atoms with Gasteiger partial charge in [0.2, 0.25) is 9.84 Å². The lowest BCUT2D eigenvalue weighted by molar-refractivity contribution is -0.122. The van der Waals surface area contributed by atoms with Gasteiger partial charge in [-0.2, -0.15) is 0 Å². The third kappa shape index (κ3) is 4.78. The lowest BCUT2D eigenvalue weighted by Gasteiger charge is -2.14. The van der Waals surface area contributed by atoms with Crippen LogP contribution in [0.1, 0.15) is 64.6 Å². The number of hydrogen-bond donors (Lipinski definition) is 2. The van der Waals surface area contributed by atoms with Crippen LogP contribution in [0, 0.1) is 11.8 Å². The van der Waals surface area contributed by atoms with E-state index in [2.05, 4.69) is 0 Å².